The van der Waals surface area contributed by atoms with Crippen LogP contribution in [0.4, 0.5) is 13.2 Å². The highest BCUT2D eigenvalue weighted by Crippen LogP contribution is 2.42. The molecule has 1 aromatic heterocycles. The number of halogens is 3. The maximum atomic E-state index is 15.4. The van der Waals surface area contributed by atoms with Crippen molar-refractivity contribution in [3.05, 3.63) is 71.1 Å². The molecule has 2 heterocycles. The average molecular weight is 459 g/mol. The number of ether oxygens (including phenoxy) is 1. The summed E-state index contributed by atoms with van der Waals surface area (Å²) in [6.07, 6.45) is 4.15. The first kappa shape index (κ1) is 23.3. The van der Waals surface area contributed by atoms with Crippen molar-refractivity contribution in [1.82, 2.24) is 15.1 Å². The van der Waals surface area contributed by atoms with Gasteiger partial charge >= 0.3 is 0 Å². The second-order valence-corrected chi connectivity index (χ2v) is 9.19. The summed E-state index contributed by atoms with van der Waals surface area (Å²) in [6, 6.07) is 7.24. The van der Waals surface area contributed by atoms with E-state index in [0.717, 1.165) is 22.3 Å². The fourth-order valence-corrected chi connectivity index (χ4v) is 4.59. The summed E-state index contributed by atoms with van der Waals surface area (Å²) >= 11 is 0. The van der Waals surface area contributed by atoms with Crippen LogP contribution in [0.1, 0.15) is 43.5 Å². The van der Waals surface area contributed by atoms with Gasteiger partial charge in [-0.2, -0.15) is 5.10 Å². The van der Waals surface area contributed by atoms with Crippen LogP contribution in [0.5, 0.6) is 5.75 Å². The first-order chi connectivity index (χ1) is 15.7. The van der Waals surface area contributed by atoms with Crippen molar-refractivity contribution >= 4 is 0 Å². The van der Waals surface area contributed by atoms with E-state index < -0.39 is 23.3 Å². The Hall–Kier alpha value is -2.84. The van der Waals surface area contributed by atoms with Gasteiger partial charge in [-0.3, -0.25) is 10.00 Å². The zero-order valence-electron chi connectivity index (χ0n) is 19.0. The predicted octanol–water partition coefficient (Wildman–Crippen LogP) is 4.78. The monoisotopic (exact) mass is 458 g/mol. The molecule has 2 aromatic carbocycles. The van der Waals surface area contributed by atoms with Crippen LogP contribution in [0.2, 0.25) is 0 Å². The number of H-pyrrole nitrogens is 1. The molecule has 5 nitrogen and oxygen atoms in total. The minimum absolute atomic E-state index is 0.0338. The minimum atomic E-state index is -1.54. The number of nitrogens with two attached hydrogens (primary N) is 1. The summed E-state index contributed by atoms with van der Waals surface area (Å²) in [7, 11) is 0. The summed E-state index contributed by atoms with van der Waals surface area (Å²) in [6.45, 7) is 5.33. The Morgan fingerprint density at radius 2 is 1.91 bits per heavy atom. The van der Waals surface area contributed by atoms with E-state index >= 15 is 8.78 Å². The highest BCUT2D eigenvalue weighted by molar-refractivity contribution is 5.64. The van der Waals surface area contributed by atoms with Gasteiger partial charge in [-0.05, 0) is 43.9 Å². The van der Waals surface area contributed by atoms with E-state index in [1.807, 2.05) is 30.0 Å². The molecule has 0 amide bonds. The van der Waals surface area contributed by atoms with Gasteiger partial charge in [0.1, 0.15) is 29.7 Å². The average Bonchev–Trinajstić information content (AvgIpc) is 3.27. The van der Waals surface area contributed by atoms with E-state index in [-0.39, 0.29) is 37.1 Å². The van der Waals surface area contributed by atoms with Gasteiger partial charge in [0.25, 0.3) is 0 Å². The van der Waals surface area contributed by atoms with E-state index in [0.29, 0.717) is 6.42 Å². The molecule has 1 aliphatic rings. The van der Waals surface area contributed by atoms with Gasteiger partial charge < -0.3 is 10.5 Å². The van der Waals surface area contributed by atoms with Crippen molar-refractivity contribution < 1.29 is 17.9 Å². The third-order valence-electron chi connectivity index (χ3n) is 5.95. The number of alkyl halides is 1. The molecule has 0 aliphatic carbocycles. The molecule has 3 aromatic rings. The van der Waals surface area contributed by atoms with Crippen LogP contribution in [-0.2, 0) is 6.42 Å². The molecule has 4 rings (SSSR count). The number of nitrogens with zero attached hydrogens (tertiary/aromatic N) is 2. The first-order valence-corrected chi connectivity index (χ1v) is 11.1. The maximum Gasteiger partial charge on any atom is 0.134 e. The van der Waals surface area contributed by atoms with Crippen molar-refractivity contribution in [2.75, 3.05) is 19.7 Å². The lowest BCUT2D eigenvalue weighted by Gasteiger charge is -2.44. The second-order valence-electron chi connectivity index (χ2n) is 9.19. The molecule has 8 heteroatoms. The van der Waals surface area contributed by atoms with Crippen LogP contribution >= 0.6 is 0 Å². The van der Waals surface area contributed by atoms with Crippen LogP contribution in [-0.4, -0.2) is 46.5 Å². The molecule has 3 N–H and O–H groups in total. The summed E-state index contributed by atoms with van der Waals surface area (Å²) in [5.41, 5.74) is 7.40. The fourth-order valence-electron chi connectivity index (χ4n) is 4.59. The number of fused-ring (bicyclic) bond motifs is 1. The van der Waals surface area contributed by atoms with E-state index in [2.05, 4.69) is 10.2 Å². The lowest BCUT2D eigenvalue weighted by Crippen LogP contribution is -2.48. The number of hydrogen-bond acceptors (Lipinski definition) is 4. The molecule has 0 unspecified atom stereocenters. The SMILES string of the molecule is C[C@@H]1Cc2cc(-c3cn[nH]c3)ccc2[C@@H](c2c(F)cc(OCCN)cc2F)N1CC(C)(C)F. The predicted molar refractivity (Wildman–Crippen MR) is 122 cm³/mol. The zero-order chi connectivity index (χ0) is 23.8. The van der Waals surface area contributed by atoms with Crippen LogP contribution < -0.4 is 10.5 Å². The Labute approximate surface area is 191 Å². The number of benzene rings is 2. The number of aromatic nitrogens is 2. The number of rotatable bonds is 7. The standard InChI is InChI=1S/C25H29F3N4O/c1-15-8-17-9-16(18-12-30-31-13-18)4-5-20(17)24(32(15)14-25(2,3)28)23-21(26)10-19(11-22(23)27)33-7-6-29/h4-5,9-13,15,24H,6-8,14,29H2,1-3H3,(H,30,31)/t15-,24+/m1/s1. The van der Waals surface area contributed by atoms with Gasteiger partial charge in [0, 0.05) is 48.6 Å². The highest BCUT2D eigenvalue weighted by atomic mass is 19.1. The minimum Gasteiger partial charge on any atom is -0.492 e. The van der Waals surface area contributed by atoms with Crippen LogP contribution in [0, 0.1) is 11.6 Å². The van der Waals surface area contributed by atoms with Crippen LogP contribution in [0.3, 0.4) is 0 Å². The van der Waals surface area contributed by atoms with E-state index in [1.54, 1.807) is 12.4 Å². The third kappa shape index (κ3) is 4.91. The van der Waals surface area contributed by atoms with Gasteiger partial charge in [0.05, 0.1) is 12.2 Å². The summed E-state index contributed by atoms with van der Waals surface area (Å²) in [4.78, 5) is 1.85. The molecular weight excluding hydrogens is 429 g/mol. The first-order valence-electron chi connectivity index (χ1n) is 11.1. The highest BCUT2D eigenvalue weighted by Gasteiger charge is 2.39. The largest absolute Gasteiger partial charge is 0.492 e. The van der Waals surface area contributed by atoms with Crippen molar-refractivity contribution in [2.45, 2.75) is 44.9 Å². The van der Waals surface area contributed by atoms with Gasteiger partial charge in [-0.25, -0.2) is 13.2 Å². The van der Waals surface area contributed by atoms with Gasteiger partial charge in [0.15, 0.2) is 0 Å². The Balaban J connectivity index is 1.84. The molecule has 176 valence electrons. The molecule has 0 fully saturated rings. The molecule has 2 atom stereocenters. The van der Waals surface area contributed by atoms with E-state index in [1.165, 1.54) is 26.0 Å². The second kappa shape index (κ2) is 9.19. The lowest BCUT2D eigenvalue weighted by molar-refractivity contribution is 0.0652. The van der Waals surface area contributed by atoms with Crippen LogP contribution in [0.15, 0.2) is 42.7 Å². The lowest BCUT2D eigenvalue weighted by atomic mass is 9.82. The van der Waals surface area contributed by atoms with Crippen molar-refractivity contribution in [3.8, 4) is 16.9 Å². The summed E-state index contributed by atoms with van der Waals surface area (Å²) < 4.78 is 50.9. The Kier molecular flexibility index (Phi) is 6.50. The molecule has 0 bridgehead atoms. The normalized spacial score (nSPS) is 18.9. The molecule has 33 heavy (non-hydrogen) atoms. The zero-order valence-corrected chi connectivity index (χ0v) is 19.0. The van der Waals surface area contributed by atoms with Crippen LogP contribution in [0.25, 0.3) is 11.1 Å². The number of nitrogens with one attached hydrogen (secondary N) is 1. The topological polar surface area (TPSA) is 67.2 Å². The number of aromatic amines is 1. The van der Waals surface area contributed by atoms with Crippen molar-refractivity contribution in [3.63, 3.8) is 0 Å². The fraction of sp³-hybridized carbons (Fsp3) is 0.400. The Bertz CT molecular complexity index is 1090. The Morgan fingerprint density at radius 3 is 2.52 bits per heavy atom. The molecule has 0 saturated carbocycles. The maximum absolute atomic E-state index is 15.4. The van der Waals surface area contributed by atoms with Gasteiger partial charge in [0.2, 0.25) is 0 Å². The third-order valence-corrected chi connectivity index (χ3v) is 5.95. The molecule has 1 aliphatic heterocycles. The molecular formula is C25H29F3N4O. The molecule has 0 saturated heterocycles. The smallest absolute Gasteiger partial charge is 0.134 e. The van der Waals surface area contributed by atoms with E-state index in [4.69, 9.17) is 10.5 Å². The summed E-state index contributed by atoms with van der Waals surface area (Å²) in [5.74, 6) is -1.38. The number of hydrogen-bond donors (Lipinski definition) is 2. The molecule has 0 radical (unpaired) electrons. The van der Waals surface area contributed by atoms with E-state index in [9.17, 15) is 4.39 Å². The quantitative estimate of drug-likeness (QED) is 0.535. The van der Waals surface area contributed by atoms with Gasteiger partial charge in [-0.1, -0.05) is 18.2 Å². The van der Waals surface area contributed by atoms with Crippen molar-refractivity contribution in [2.24, 2.45) is 5.73 Å². The molecule has 0 spiro atoms. The Morgan fingerprint density at radius 1 is 1.18 bits per heavy atom. The van der Waals surface area contributed by atoms with Crippen molar-refractivity contribution in [1.29, 1.82) is 0 Å². The summed E-state index contributed by atoms with van der Waals surface area (Å²) in [5, 5.41) is 6.80. The van der Waals surface area contributed by atoms with Gasteiger partial charge in [-0.15, -0.1) is 0 Å².